The molecule has 1 aliphatic heterocycles. The van der Waals surface area contributed by atoms with Gasteiger partial charge < -0.3 is 19.1 Å². The Morgan fingerprint density at radius 3 is 2.54 bits per heavy atom. The molecule has 1 aliphatic rings. The molecule has 10 heteroatoms. The highest BCUT2D eigenvalue weighted by Crippen LogP contribution is 2.26. The zero-order chi connectivity index (χ0) is 27.0. The van der Waals surface area contributed by atoms with Crippen LogP contribution >= 0.6 is 11.6 Å². The minimum atomic E-state index is -0.665. The summed E-state index contributed by atoms with van der Waals surface area (Å²) in [6.07, 6.45) is 4.88. The highest BCUT2D eigenvalue weighted by Gasteiger charge is 2.34. The molecular weight excluding hydrogens is 498 g/mol. The molecule has 1 saturated heterocycles. The van der Waals surface area contributed by atoms with E-state index in [2.05, 4.69) is 4.98 Å². The van der Waals surface area contributed by atoms with Gasteiger partial charge in [0.1, 0.15) is 24.0 Å². The van der Waals surface area contributed by atoms with Crippen LogP contribution in [0.5, 0.6) is 5.75 Å². The van der Waals surface area contributed by atoms with Crippen molar-refractivity contribution < 1.29 is 28.6 Å². The molecule has 3 rings (SSSR count). The van der Waals surface area contributed by atoms with Gasteiger partial charge in [-0.1, -0.05) is 11.6 Å². The summed E-state index contributed by atoms with van der Waals surface area (Å²) in [5.74, 6) is -0.330. The van der Waals surface area contributed by atoms with Gasteiger partial charge in [-0.2, -0.15) is 0 Å². The number of carbonyl (C=O) groups is 3. The molecule has 0 saturated carbocycles. The van der Waals surface area contributed by atoms with Gasteiger partial charge in [0.2, 0.25) is 0 Å². The van der Waals surface area contributed by atoms with Gasteiger partial charge in [-0.3, -0.25) is 14.7 Å². The zero-order valence-electron chi connectivity index (χ0n) is 21.7. The van der Waals surface area contributed by atoms with Crippen molar-refractivity contribution in [2.45, 2.75) is 58.6 Å². The molecule has 1 aromatic heterocycles. The summed E-state index contributed by atoms with van der Waals surface area (Å²) < 4.78 is 16.6. The van der Waals surface area contributed by atoms with Crippen molar-refractivity contribution in [2.24, 2.45) is 0 Å². The lowest BCUT2D eigenvalue weighted by Gasteiger charge is -2.34. The second kappa shape index (κ2) is 12.8. The third kappa shape index (κ3) is 8.08. The van der Waals surface area contributed by atoms with Crippen LogP contribution in [-0.2, 0) is 14.3 Å². The van der Waals surface area contributed by atoms with E-state index < -0.39 is 23.7 Å². The lowest BCUT2D eigenvalue weighted by atomic mass is 10.0. The molecular formula is C27H34ClN3O6. The molecule has 2 amide bonds. The standard InChI is InChI=1S/C27H34ClN3O6/c1-5-35-25(33)23-8-6-7-13-31(23)24(32)19-16-20(28)18-22(17-19)36-15-14-30(21-9-11-29-12-10-21)26(34)37-27(2,3)4/h9-12,16-18,23H,5-8,13-15H2,1-4H3/t23-/m1/s1. The molecule has 0 radical (unpaired) electrons. The average Bonchev–Trinajstić information content (AvgIpc) is 2.85. The number of amides is 2. The molecule has 37 heavy (non-hydrogen) atoms. The molecule has 0 aliphatic carbocycles. The summed E-state index contributed by atoms with van der Waals surface area (Å²) in [4.78, 5) is 45.6. The van der Waals surface area contributed by atoms with Gasteiger partial charge in [-0.05, 0) is 77.3 Å². The highest BCUT2D eigenvalue weighted by molar-refractivity contribution is 6.31. The molecule has 9 nitrogen and oxygen atoms in total. The number of carbonyl (C=O) groups excluding carboxylic acids is 3. The van der Waals surface area contributed by atoms with E-state index in [-0.39, 0.29) is 25.7 Å². The van der Waals surface area contributed by atoms with Gasteiger partial charge in [0.05, 0.1) is 18.8 Å². The number of hydrogen-bond donors (Lipinski definition) is 0. The number of likely N-dealkylation sites (tertiary alicyclic amines) is 1. The van der Waals surface area contributed by atoms with Crippen molar-refractivity contribution in [3.8, 4) is 5.75 Å². The molecule has 2 aromatic rings. The van der Waals surface area contributed by atoms with Crippen LogP contribution in [0.2, 0.25) is 5.02 Å². The maximum absolute atomic E-state index is 13.3. The average molecular weight is 532 g/mol. The van der Waals surface area contributed by atoms with Crippen LogP contribution in [0.3, 0.4) is 0 Å². The quantitative estimate of drug-likeness (QED) is 0.436. The van der Waals surface area contributed by atoms with Crippen LogP contribution in [0.15, 0.2) is 42.7 Å². The molecule has 0 bridgehead atoms. The SMILES string of the molecule is CCOC(=O)[C@H]1CCCCN1C(=O)c1cc(Cl)cc(OCCN(C(=O)OC(C)(C)C)c2ccncc2)c1. The van der Waals surface area contributed by atoms with Gasteiger partial charge in [-0.25, -0.2) is 9.59 Å². The number of rotatable bonds is 8. The summed E-state index contributed by atoms with van der Waals surface area (Å²) in [5, 5.41) is 0.323. The highest BCUT2D eigenvalue weighted by atomic mass is 35.5. The van der Waals surface area contributed by atoms with E-state index in [0.717, 1.165) is 12.8 Å². The maximum atomic E-state index is 13.3. The number of aromatic nitrogens is 1. The van der Waals surface area contributed by atoms with Crippen LogP contribution in [0, 0.1) is 0 Å². The molecule has 1 fully saturated rings. The Kier molecular flexibility index (Phi) is 9.74. The monoisotopic (exact) mass is 531 g/mol. The molecule has 200 valence electrons. The van der Waals surface area contributed by atoms with Gasteiger partial charge in [0, 0.05) is 29.5 Å². The van der Waals surface area contributed by atoms with Crippen molar-refractivity contribution >= 4 is 35.3 Å². The van der Waals surface area contributed by atoms with Crippen LogP contribution in [0.1, 0.15) is 57.3 Å². The van der Waals surface area contributed by atoms with E-state index in [9.17, 15) is 14.4 Å². The van der Waals surface area contributed by atoms with Crippen molar-refractivity contribution in [3.05, 3.63) is 53.3 Å². The lowest BCUT2D eigenvalue weighted by molar-refractivity contribution is -0.149. The number of hydrogen-bond acceptors (Lipinski definition) is 7. The van der Waals surface area contributed by atoms with Crippen LogP contribution < -0.4 is 9.64 Å². The summed E-state index contributed by atoms with van der Waals surface area (Å²) in [6, 6.07) is 7.54. The molecule has 1 aromatic carbocycles. The summed E-state index contributed by atoms with van der Waals surface area (Å²) in [7, 11) is 0. The fourth-order valence-corrected chi connectivity index (χ4v) is 4.24. The number of ether oxygens (including phenoxy) is 3. The molecule has 0 spiro atoms. The maximum Gasteiger partial charge on any atom is 0.414 e. The third-order valence-corrected chi connectivity index (χ3v) is 5.83. The minimum Gasteiger partial charge on any atom is -0.492 e. The Morgan fingerprint density at radius 2 is 1.86 bits per heavy atom. The van der Waals surface area contributed by atoms with Crippen molar-refractivity contribution in [3.63, 3.8) is 0 Å². The first kappa shape index (κ1) is 28.2. The second-order valence-electron chi connectivity index (χ2n) is 9.62. The van der Waals surface area contributed by atoms with Gasteiger partial charge in [0.15, 0.2) is 0 Å². The first-order valence-electron chi connectivity index (χ1n) is 12.4. The predicted molar refractivity (Wildman–Crippen MR) is 140 cm³/mol. The Hall–Kier alpha value is -3.33. The topological polar surface area (TPSA) is 98.3 Å². The molecule has 1 atom stereocenters. The summed E-state index contributed by atoms with van der Waals surface area (Å²) >= 11 is 6.31. The van der Waals surface area contributed by atoms with E-state index in [0.29, 0.717) is 35.0 Å². The largest absolute Gasteiger partial charge is 0.492 e. The predicted octanol–water partition coefficient (Wildman–Crippen LogP) is 5.11. The lowest BCUT2D eigenvalue weighted by Crippen LogP contribution is -2.48. The Morgan fingerprint density at radius 1 is 1.14 bits per heavy atom. The Bertz CT molecular complexity index is 1090. The summed E-state index contributed by atoms with van der Waals surface area (Å²) in [6.45, 7) is 8.15. The fraction of sp³-hybridized carbons (Fsp3) is 0.481. The van der Waals surface area contributed by atoms with Gasteiger partial charge in [0.25, 0.3) is 5.91 Å². The number of nitrogens with zero attached hydrogens (tertiary/aromatic N) is 3. The summed E-state index contributed by atoms with van der Waals surface area (Å²) in [5.41, 5.74) is 0.267. The molecule has 0 unspecified atom stereocenters. The Balaban J connectivity index is 1.72. The second-order valence-corrected chi connectivity index (χ2v) is 10.1. The molecule has 0 N–H and O–H groups in total. The van der Waals surface area contributed by atoms with E-state index in [1.165, 1.54) is 4.90 Å². The van der Waals surface area contributed by atoms with Crippen LogP contribution in [0.4, 0.5) is 10.5 Å². The number of halogens is 1. The van der Waals surface area contributed by atoms with Crippen molar-refractivity contribution in [1.29, 1.82) is 0 Å². The van der Waals surface area contributed by atoms with E-state index >= 15 is 0 Å². The van der Waals surface area contributed by atoms with Gasteiger partial charge in [-0.15, -0.1) is 0 Å². The zero-order valence-corrected chi connectivity index (χ0v) is 22.5. The number of piperidine rings is 1. The first-order valence-corrected chi connectivity index (χ1v) is 12.8. The third-order valence-electron chi connectivity index (χ3n) is 5.61. The number of esters is 1. The first-order chi connectivity index (χ1) is 17.6. The number of benzene rings is 1. The van der Waals surface area contributed by atoms with E-state index in [1.54, 1.807) is 75.3 Å². The number of anilines is 1. The van der Waals surface area contributed by atoms with Crippen LogP contribution in [-0.4, -0.2) is 65.8 Å². The number of pyridine rings is 1. The van der Waals surface area contributed by atoms with Crippen molar-refractivity contribution in [2.75, 3.05) is 31.2 Å². The Labute approximate surface area is 222 Å². The smallest absolute Gasteiger partial charge is 0.414 e. The molecule has 2 heterocycles. The van der Waals surface area contributed by atoms with Gasteiger partial charge >= 0.3 is 12.1 Å². The van der Waals surface area contributed by atoms with E-state index in [4.69, 9.17) is 25.8 Å². The van der Waals surface area contributed by atoms with Crippen LogP contribution in [0.25, 0.3) is 0 Å². The van der Waals surface area contributed by atoms with Crippen molar-refractivity contribution in [1.82, 2.24) is 9.88 Å². The fourth-order valence-electron chi connectivity index (χ4n) is 4.02. The normalized spacial score (nSPS) is 15.6. The van der Waals surface area contributed by atoms with E-state index in [1.807, 2.05) is 0 Å². The minimum absolute atomic E-state index is 0.116.